The maximum absolute atomic E-state index is 10.6. The van der Waals surface area contributed by atoms with E-state index in [2.05, 4.69) is 27.1 Å². The maximum atomic E-state index is 10.6. The fourth-order valence-corrected chi connectivity index (χ4v) is 3.94. The molecule has 6 nitrogen and oxygen atoms in total. The van der Waals surface area contributed by atoms with E-state index in [-0.39, 0.29) is 5.75 Å². The highest BCUT2D eigenvalue weighted by atomic mass is 16.5. The van der Waals surface area contributed by atoms with Gasteiger partial charge in [-0.15, -0.1) is 10.2 Å². The predicted octanol–water partition coefficient (Wildman–Crippen LogP) is 4.69. The van der Waals surface area contributed by atoms with E-state index < -0.39 is 0 Å². The summed E-state index contributed by atoms with van der Waals surface area (Å²) in [6.45, 7) is 0. The summed E-state index contributed by atoms with van der Waals surface area (Å²) in [5.74, 6) is 1.58. The van der Waals surface area contributed by atoms with E-state index in [4.69, 9.17) is 4.74 Å². The lowest BCUT2D eigenvalue weighted by Gasteiger charge is -2.31. The van der Waals surface area contributed by atoms with Crippen molar-refractivity contribution in [3.8, 4) is 34.0 Å². The predicted molar refractivity (Wildman–Crippen MR) is 114 cm³/mol. The van der Waals surface area contributed by atoms with E-state index in [1.807, 2.05) is 36.4 Å². The van der Waals surface area contributed by atoms with Gasteiger partial charge in [-0.05, 0) is 54.3 Å². The molecule has 2 aromatic heterocycles. The first kappa shape index (κ1) is 19.2. The smallest absolute Gasteiger partial charge is 0.213 e. The highest BCUT2D eigenvalue weighted by molar-refractivity contribution is 5.74. The molecule has 0 aliphatic heterocycles. The van der Waals surface area contributed by atoms with Crippen molar-refractivity contribution >= 4 is 5.82 Å². The fraction of sp³-hybridized carbons (Fsp3) is 0.348. The van der Waals surface area contributed by atoms with Crippen LogP contribution in [0.2, 0.25) is 0 Å². The minimum Gasteiger partial charge on any atom is -0.507 e. The molecule has 1 fully saturated rings. The van der Waals surface area contributed by atoms with Crippen molar-refractivity contribution < 1.29 is 9.84 Å². The zero-order valence-electron chi connectivity index (χ0n) is 16.9. The van der Waals surface area contributed by atoms with Gasteiger partial charge in [0.2, 0.25) is 5.88 Å². The maximum Gasteiger partial charge on any atom is 0.213 e. The van der Waals surface area contributed by atoms with Gasteiger partial charge < -0.3 is 14.7 Å². The number of benzene rings is 1. The van der Waals surface area contributed by atoms with Crippen LogP contribution in [-0.4, -0.2) is 40.5 Å². The molecule has 150 valence electrons. The molecule has 0 spiro atoms. The molecule has 1 aliphatic carbocycles. The van der Waals surface area contributed by atoms with Gasteiger partial charge in [0.1, 0.15) is 5.75 Å². The largest absolute Gasteiger partial charge is 0.507 e. The fourth-order valence-electron chi connectivity index (χ4n) is 3.94. The molecule has 4 rings (SSSR count). The number of ether oxygens (including phenoxy) is 1. The van der Waals surface area contributed by atoms with Crippen LogP contribution in [0, 0.1) is 0 Å². The van der Waals surface area contributed by atoms with Crippen molar-refractivity contribution in [3.05, 3.63) is 48.7 Å². The van der Waals surface area contributed by atoms with Crippen LogP contribution in [0.4, 0.5) is 5.82 Å². The molecule has 1 aliphatic rings. The lowest BCUT2D eigenvalue weighted by molar-refractivity contribution is 0.398. The Morgan fingerprint density at radius 3 is 2.45 bits per heavy atom. The molecule has 1 saturated carbocycles. The van der Waals surface area contributed by atoms with Crippen LogP contribution in [0.3, 0.4) is 0 Å². The number of phenols is 1. The van der Waals surface area contributed by atoms with Gasteiger partial charge in [0, 0.05) is 30.9 Å². The van der Waals surface area contributed by atoms with E-state index in [0.29, 0.717) is 23.2 Å². The number of hydrogen-bond acceptors (Lipinski definition) is 6. The van der Waals surface area contributed by atoms with Gasteiger partial charge in [-0.2, -0.15) is 0 Å². The first-order chi connectivity index (χ1) is 14.2. The zero-order valence-corrected chi connectivity index (χ0v) is 16.9. The second-order valence-corrected chi connectivity index (χ2v) is 7.50. The Morgan fingerprint density at radius 2 is 1.76 bits per heavy atom. The highest BCUT2D eigenvalue weighted by Gasteiger charge is 2.19. The van der Waals surface area contributed by atoms with Gasteiger partial charge in [0.15, 0.2) is 5.82 Å². The SMILES string of the molecule is COc1cc(-c2ccc(-c3ccc(N(C)C4CCCCC4)nn3)c(O)c2)ccn1. The topological polar surface area (TPSA) is 71.4 Å². The molecule has 1 aromatic carbocycles. The molecule has 0 radical (unpaired) electrons. The first-order valence-electron chi connectivity index (χ1n) is 10.1. The Balaban J connectivity index is 1.55. The molecule has 2 heterocycles. The first-order valence-corrected chi connectivity index (χ1v) is 10.1. The number of aromatic hydroxyl groups is 1. The van der Waals surface area contributed by atoms with Crippen LogP contribution in [0.5, 0.6) is 11.6 Å². The third-order valence-corrected chi connectivity index (χ3v) is 5.69. The van der Waals surface area contributed by atoms with E-state index in [1.54, 1.807) is 19.4 Å². The van der Waals surface area contributed by atoms with Crippen molar-refractivity contribution in [2.45, 2.75) is 38.1 Å². The number of pyridine rings is 1. The number of aromatic nitrogens is 3. The van der Waals surface area contributed by atoms with Gasteiger partial charge in [-0.3, -0.25) is 0 Å². The van der Waals surface area contributed by atoms with Crippen LogP contribution >= 0.6 is 0 Å². The van der Waals surface area contributed by atoms with E-state index >= 15 is 0 Å². The van der Waals surface area contributed by atoms with Crippen molar-refractivity contribution in [2.24, 2.45) is 0 Å². The molecule has 3 aromatic rings. The molecule has 29 heavy (non-hydrogen) atoms. The van der Waals surface area contributed by atoms with Crippen LogP contribution in [0.25, 0.3) is 22.4 Å². The lowest BCUT2D eigenvalue weighted by atomic mass is 9.94. The molecule has 6 heteroatoms. The molecular formula is C23H26N4O2. The third kappa shape index (κ3) is 4.16. The van der Waals surface area contributed by atoms with E-state index in [0.717, 1.165) is 16.9 Å². The summed E-state index contributed by atoms with van der Waals surface area (Å²) >= 11 is 0. The Kier molecular flexibility index (Phi) is 5.60. The molecule has 1 N–H and O–H groups in total. The number of hydrogen-bond donors (Lipinski definition) is 1. The summed E-state index contributed by atoms with van der Waals surface area (Å²) in [5.41, 5.74) is 3.12. The normalized spacial score (nSPS) is 14.6. The monoisotopic (exact) mass is 390 g/mol. The van der Waals surface area contributed by atoms with Crippen molar-refractivity contribution in [1.82, 2.24) is 15.2 Å². The van der Waals surface area contributed by atoms with Gasteiger partial charge in [-0.25, -0.2) is 4.98 Å². The number of anilines is 1. The molecule has 0 unspecified atom stereocenters. The number of nitrogens with zero attached hydrogens (tertiary/aromatic N) is 4. The molecule has 0 saturated heterocycles. The summed E-state index contributed by atoms with van der Waals surface area (Å²) in [6, 6.07) is 13.7. The third-order valence-electron chi connectivity index (χ3n) is 5.69. The Labute approximate surface area is 171 Å². The van der Waals surface area contributed by atoms with E-state index in [1.165, 1.54) is 32.1 Å². The Hall–Kier alpha value is -3.15. The summed E-state index contributed by atoms with van der Waals surface area (Å²) in [5, 5.41) is 19.4. The van der Waals surface area contributed by atoms with Crippen molar-refractivity contribution in [2.75, 3.05) is 19.1 Å². The zero-order chi connectivity index (χ0) is 20.2. The van der Waals surface area contributed by atoms with Crippen LogP contribution < -0.4 is 9.64 Å². The molecule has 0 bridgehead atoms. The van der Waals surface area contributed by atoms with Crippen LogP contribution in [0.15, 0.2) is 48.7 Å². The molecular weight excluding hydrogens is 364 g/mol. The average Bonchev–Trinajstić information content (AvgIpc) is 2.79. The van der Waals surface area contributed by atoms with Gasteiger partial charge in [-0.1, -0.05) is 25.3 Å². The quantitative estimate of drug-likeness (QED) is 0.681. The second-order valence-electron chi connectivity index (χ2n) is 7.50. The number of rotatable bonds is 5. The summed E-state index contributed by atoms with van der Waals surface area (Å²) < 4.78 is 5.18. The van der Waals surface area contributed by atoms with Crippen LogP contribution in [-0.2, 0) is 0 Å². The number of methoxy groups -OCH3 is 1. The average molecular weight is 390 g/mol. The van der Waals surface area contributed by atoms with Crippen molar-refractivity contribution in [3.63, 3.8) is 0 Å². The minimum atomic E-state index is 0.168. The van der Waals surface area contributed by atoms with Gasteiger partial charge in [0.25, 0.3) is 0 Å². The van der Waals surface area contributed by atoms with E-state index in [9.17, 15) is 5.11 Å². The summed E-state index contributed by atoms with van der Waals surface area (Å²) in [6.07, 6.45) is 8.00. The Morgan fingerprint density at radius 1 is 0.966 bits per heavy atom. The van der Waals surface area contributed by atoms with Gasteiger partial charge in [0.05, 0.1) is 12.8 Å². The highest BCUT2D eigenvalue weighted by Crippen LogP contribution is 2.33. The van der Waals surface area contributed by atoms with Crippen LogP contribution in [0.1, 0.15) is 32.1 Å². The standard InChI is InChI=1S/C23H26N4O2/c1-27(18-6-4-3-5-7-18)22-11-10-20(25-26-22)19-9-8-16(14-21(19)28)17-12-13-24-23(15-17)29-2/h8-15,18,28H,3-7H2,1-2H3. The number of phenolic OH excluding ortho intramolecular Hbond substituents is 1. The van der Waals surface area contributed by atoms with Gasteiger partial charge >= 0.3 is 0 Å². The second kappa shape index (κ2) is 8.47. The molecule has 0 atom stereocenters. The lowest BCUT2D eigenvalue weighted by Crippen LogP contribution is -2.34. The minimum absolute atomic E-state index is 0.168. The summed E-state index contributed by atoms with van der Waals surface area (Å²) in [7, 11) is 3.68. The summed E-state index contributed by atoms with van der Waals surface area (Å²) in [4.78, 5) is 6.35. The molecule has 0 amide bonds. The van der Waals surface area contributed by atoms with Crippen molar-refractivity contribution in [1.29, 1.82) is 0 Å². The Bertz CT molecular complexity index is 969.